The van der Waals surface area contributed by atoms with Gasteiger partial charge in [-0.25, -0.2) is 0 Å². The van der Waals surface area contributed by atoms with Crippen molar-refractivity contribution in [1.29, 1.82) is 0 Å². The van der Waals surface area contributed by atoms with Crippen LogP contribution >= 0.6 is 0 Å². The quantitative estimate of drug-likeness (QED) is 0.326. The topological polar surface area (TPSA) is 152 Å². The largest absolute Gasteiger partial charge is 0.460 e. The number of carbonyl (C=O) groups is 2. The minimum absolute atomic E-state index is 0.180. The van der Waals surface area contributed by atoms with Gasteiger partial charge in [-0.05, 0) is 23.2 Å². The number of ether oxygens (including phenoxy) is 2. The van der Waals surface area contributed by atoms with Crippen LogP contribution in [0.1, 0.15) is 12.8 Å². The van der Waals surface area contributed by atoms with Crippen molar-refractivity contribution in [3.63, 3.8) is 0 Å². The van der Waals surface area contributed by atoms with Gasteiger partial charge in [0.25, 0.3) is 0 Å². The smallest absolute Gasteiger partial charge is 0.323 e. The van der Waals surface area contributed by atoms with E-state index in [-0.39, 0.29) is 12.8 Å². The Labute approximate surface area is 106 Å². The molecule has 0 saturated heterocycles. The number of nitrogens with zero attached hydrogens (tertiary/aromatic N) is 2. The van der Waals surface area contributed by atoms with Gasteiger partial charge < -0.3 is 19.7 Å². The fourth-order valence-corrected chi connectivity index (χ4v) is 1.25. The van der Waals surface area contributed by atoms with E-state index in [4.69, 9.17) is 10.2 Å². The summed E-state index contributed by atoms with van der Waals surface area (Å²) in [6.07, 6.45) is -3.03. The van der Waals surface area contributed by atoms with Crippen molar-refractivity contribution in [3.05, 3.63) is 9.81 Å². The van der Waals surface area contributed by atoms with Crippen LogP contribution in [-0.4, -0.2) is 47.8 Å². The highest BCUT2D eigenvalue weighted by Crippen LogP contribution is 2.48. The molecule has 0 radical (unpaired) electrons. The van der Waals surface area contributed by atoms with Crippen molar-refractivity contribution in [2.75, 3.05) is 13.2 Å². The normalized spacial score (nSPS) is 18.8. The van der Waals surface area contributed by atoms with Crippen LogP contribution in [0.5, 0.6) is 0 Å². The molecule has 2 atom stereocenters. The Morgan fingerprint density at radius 3 is 1.63 bits per heavy atom. The zero-order chi connectivity index (χ0) is 14.5. The van der Waals surface area contributed by atoms with Crippen molar-refractivity contribution < 1.29 is 29.3 Å². The first-order valence-electron chi connectivity index (χ1n) is 5.32. The van der Waals surface area contributed by atoms with E-state index < -0.39 is 43.0 Å². The minimum Gasteiger partial charge on any atom is -0.460 e. The third kappa shape index (κ3) is 3.76. The van der Waals surface area contributed by atoms with E-state index in [2.05, 4.69) is 19.8 Å². The molecule has 1 aliphatic carbocycles. The Balaban J connectivity index is 2.46. The number of esters is 2. The summed E-state index contributed by atoms with van der Waals surface area (Å²) in [5, 5.41) is 22.0. The maximum absolute atomic E-state index is 11.6. The lowest BCUT2D eigenvalue weighted by molar-refractivity contribution is -0.167. The van der Waals surface area contributed by atoms with Gasteiger partial charge in [0.2, 0.25) is 12.5 Å². The summed E-state index contributed by atoms with van der Waals surface area (Å²) in [5.41, 5.74) is -1.49. The van der Waals surface area contributed by atoms with Crippen LogP contribution in [0.15, 0.2) is 10.4 Å². The molecule has 0 aromatic rings. The minimum atomic E-state index is -1.70. The molecule has 10 heteroatoms. The zero-order valence-electron chi connectivity index (χ0n) is 9.72. The first-order valence-corrected chi connectivity index (χ1v) is 5.32. The summed E-state index contributed by atoms with van der Waals surface area (Å²) in [7, 11) is 0. The molecule has 0 spiro atoms. The van der Waals surface area contributed by atoms with E-state index in [1.807, 2.05) is 0 Å². The molecule has 1 fully saturated rings. The highest BCUT2D eigenvalue weighted by Gasteiger charge is 2.59. The Kier molecular flexibility index (Phi) is 5.01. The second kappa shape index (κ2) is 6.29. The predicted octanol–water partition coefficient (Wildman–Crippen LogP) is -0.977. The van der Waals surface area contributed by atoms with E-state index in [9.17, 15) is 19.4 Å². The van der Waals surface area contributed by atoms with Crippen molar-refractivity contribution >= 4 is 11.9 Å². The molecule has 0 aliphatic heterocycles. The van der Waals surface area contributed by atoms with E-state index in [1.165, 1.54) is 0 Å². The lowest BCUT2D eigenvalue weighted by Crippen LogP contribution is -2.33. The van der Waals surface area contributed by atoms with Gasteiger partial charge in [-0.3, -0.25) is 9.59 Å². The molecule has 1 saturated carbocycles. The number of carbonyl (C=O) groups excluding carboxylic acids is 2. The van der Waals surface area contributed by atoms with E-state index in [0.717, 1.165) is 0 Å². The first kappa shape index (κ1) is 15.1. The molecule has 0 aromatic carbocycles. The molecule has 1 aliphatic rings. The Morgan fingerprint density at radius 2 is 1.37 bits per heavy atom. The van der Waals surface area contributed by atoms with Gasteiger partial charge in [-0.15, -0.1) is 9.81 Å². The number of hydrogen-bond acceptors (Lipinski definition) is 10. The van der Waals surface area contributed by atoms with Crippen LogP contribution < -0.4 is 0 Å². The predicted molar refractivity (Wildman–Crippen MR) is 57.2 cm³/mol. The number of nitroso groups, excluding NO2 is 2. The first-order chi connectivity index (χ1) is 8.96. The van der Waals surface area contributed by atoms with Gasteiger partial charge in [0, 0.05) is 0 Å². The fourth-order valence-electron chi connectivity index (χ4n) is 1.25. The molecular weight excluding hydrogens is 264 g/mol. The number of aliphatic hydroxyl groups is 2. The van der Waals surface area contributed by atoms with Gasteiger partial charge in [0.15, 0.2) is 5.41 Å². The summed E-state index contributed by atoms with van der Waals surface area (Å²) in [6, 6.07) is 0. The molecule has 2 N–H and O–H groups in total. The lowest BCUT2D eigenvalue weighted by Gasteiger charge is -2.14. The van der Waals surface area contributed by atoms with Gasteiger partial charge in [0.05, 0.1) is 0 Å². The number of hydrogen-bond donors (Lipinski definition) is 2. The van der Waals surface area contributed by atoms with Crippen LogP contribution in [0, 0.1) is 15.2 Å². The molecule has 106 valence electrons. The molecule has 0 bridgehead atoms. The number of aliphatic hydroxyl groups excluding tert-OH is 2. The van der Waals surface area contributed by atoms with Crippen LogP contribution in [-0.2, 0) is 19.1 Å². The van der Waals surface area contributed by atoms with Crippen LogP contribution in [0.3, 0.4) is 0 Å². The van der Waals surface area contributed by atoms with Crippen molar-refractivity contribution in [2.24, 2.45) is 15.8 Å². The van der Waals surface area contributed by atoms with Crippen molar-refractivity contribution in [2.45, 2.75) is 25.3 Å². The molecule has 0 heterocycles. The van der Waals surface area contributed by atoms with Crippen LogP contribution in [0.4, 0.5) is 0 Å². The molecule has 0 amide bonds. The maximum atomic E-state index is 11.6. The highest BCUT2D eigenvalue weighted by molar-refractivity contribution is 6.03. The Hall–Kier alpha value is -1.94. The van der Waals surface area contributed by atoms with Gasteiger partial charge >= 0.3 is 11.9 Å². The SMILES string of the molecule is O=NC(O)COC(=O)C1(C(=O)OCC(O)N=O)CC1. The van der Waals surface area contributed by atoms with Crippen molar-refractivity contribution in [1.82, 2.24) is 0 Å². The van der Waals surface area contributed by atoms with Crippen LogP contribution in [0.2, 0.25) is 0 Å². The Bertz CT molecular complexity index is 348. The fraction of sp³-hybridized carbons (Fsp3) is 0.778. The van der Waals surface area contributed by atoms with E-state index in [0.29, 0.717) is 0 Å². The standard InChI is InChI=1S/C9H12N2O8/c12-5(10-16)3-18-7(14)9(1-2-9)8(15)19-4-6(13)11-17/h5-6,12-13H,1-4H2. The maximum Gasteiger partial charge on any atom is 0.323 e. The lowest BCUT2D eigenvalue weighted by atomic mass is 10.1. The molecule has 19 heavy (non-hydrogen) atoms. The molecule has 1 rings (SSSR count). The molecular formula is C9H12N2O8. The van der Waals surface area contributed by atoms with Gasteiger partial charge in [-0.1, -0.05) is 0 Å². The average Bonchev–Trinajstić information content (AvgIpc) is 3.22. The summed E-state index contributed by atoms with van der Waals surface area (Å²) in [5.74, 6) is -1.90. The van der Waals surface area contributed by atoms with E-state index >= 15 is 0 Å². The molecule has 10 nitrogen and oxygen atoms in total. The second-order valence-electron chi connectivity index (χ2n) is 3.95. The number of rotatable bonds is 8. The summed E-state index contributed by atoms with van der Waals surface area (Å²) < 4.78 is 9.09. The molecule has 2 unspecified atom stereocenters. The zero-order valence-corrected chi connectivity index (χ0v) is 9.72. The second-order valence-corrected chi connectivity index (χ2v) is 3.95. The van der Waals surface area contributed by atoms with E-state index in [1.54, 1.807) is 0 Å². The molecule has 0 aromatic heterocycles. The van der Waals surface area contributed by atoms with Crippen LogP contribution in [0.25, 0.3) is 0 Å². The summed E-state index contributed by atoms with van der Waals surface area (Å²) in [4.78, 5) is 42.9. The summed E-state index contributed by atoms with van der Waals surface area (Å²) >= 11 is 0. The highest BCUT2D eigenvalue weighted by atomic mass is 16.6. The summed E-state index contributed by atoms with van der Waals surface area (Å²) in [6.45, 7) is -1.31. The van der Waals surface area contributed by atoms with Gasteiger partial charge in [0.1, 0.15) is 13.2 Å². The van der Waals surface area contributed by atoms with Crippen molar-refractivity contribution in [3.8, 4) is 0 Å². The van der Waals surface area contributed by atoms with Gasteiger partial charge in [-0.2, -0.15) is 0 Å². The third-order valence-corrected chi connectivity index (χ3v) is 2.50. The Morgan fingerprint density at radius 1 is 1.00 bits per heavy atom. The monoisotopic (exact) mass is 276 g/mol. The third-order valence-electron chi connectivity index (χ3n) is 2.50. The average molecular weight is 276 g/mol.